The maximum Gasteiger partial charge on any atom is 0.231 e. The maximum absolute atomic E-state index is 12.7. The van der Waals surface area contributed by atoms with Crippen LogP contribution in [0.25, 0.3) is 10.9 Å². The number of nitrogens with zero attached hydrogens (tertiary/aromatic N) is 3. The van der Waals surface area contributed by atoms with Gasteiger partial charge in [0, 0.05) is 23.7 Å². The van der Waals surface area contributed by atoms with Crippen LogP contribution in [-0.4, -0.2) is 21.1 Å². The number of amides is 1. The van der Waals surface area contributed by atoms with E-state index in [1.807, 2.05) is 30.3 Å². The molecule has 1 amide bonds. The number of carbonyl (C=O) groups is 1. The largest absolute Gasteiger partial charge is 0.279 e. The lowest BCUT2D eigenvalue weighted by atomic mass is 10.1. The number of H-pyrrole nitrogens is 1. The van der Waals surface area contributed by atoms with Gasteiger partial charge in [-0.25, -0.2) is 0 Å². The van der Waals surface area contributed by atoms with Crippen LogP contribution in [0.2, 0.25) is 0 Å². The first-order valence-electron chi connectivity index (χ1n) is 7.45. The summed E-state index contributed by atoms with van der Waals surface area (Å²) in [5.41, 5.74) is 2.57. The van der Waals surface area contributed by atoms with Crippen LogP contribution in [0.3, 0.4) is 0 Å². The summed E-state index contributed by atoms with van der Waals surface area (Å²) >= 11 is 0. The zero-order chi connectivity index (χ0) is 15.4. The Labute approximate surface area is 129 Å². The highest BCUT2D eigenvalue weighted by Crippen LogP contribution is 2.28. The molecule has 2 heterocycles. The average Bonchev–Trinajstić information content (AvgIpc) is 3.02. The zero-order valence-electron chi connectivity index (χ0n) is 12.5. The van der Waals surface area contributed by atoms with Gasteiger partial charge in [0.05, 0.1) is 23.6 Å². The molecule has 0 aliphatic heterocycles. The summed E-state index contributed by atoms with van der Waals surface area (Å²) < 4.78 is 0. The first-order valence-corrected chi connectivity index (χ1v) is 7.45. The van der Waals surface area contributed by atoms with E-state index in [1.54, 1.807) is 23.5 Å². The standard InChI is InChI=1S/C17H18N4O/c1-2-3-6-17(22)21(15-5-4-9-18-12-15)14-7-8-16-13(10-14)11-19-20-16/h4-5,7-12H,2-3,6H2,1H3,(H,19,20). The van der Waals surface area contributed by atoms with Gasteiger partial charge in [0.1, 0.15) is 0 Å². The summed E-state index contributed by atoms with van der Waals surface area (Å²) in [7, 11) is 0. The molecule has 1 aromatic carbocycles. The number of pyridine rings is 1. The monoisotopic (exact) mass is 294 g/mol. The summed E-state index contributed by atoms with van der Waals surface area (Å²) in [6, 6.07) is 9.57. The number of fused-ring (bicyclic) bond motifs is 1. The molecule has 3 aromatic rings. The fourth-order valence-corrected chi connectivity index (χ4v) is 2.43. The molecule has 0 unspecified atom stereocenters. The molecule has 2 aromatic heterocycles. The number of aromatic nitrogens is 3. The first kappa shape index (κ1) is 14.3. The van der Waals surface area contributed by atoms with Crippen molar-refractivity contribution in [3.63, 3.8) is 0 Å². The molecule has 1 N–H and O–H groups in total. The Morgan fingerprint density at radius 2 is 2.14 bits per heavy atom. The van der Waals surface area contributed by atoms with Gasteiger partial charge < -0.3 is 0 Å². The Bertz CT molecular complexity index is 766. The van der Waals surface area contributed by atoms with Gasteiger partial charge >= 0.3 is 0 Å². The van der Waals surface area contributed by atoms with Crippen LogP contribution < -0.4 is 4.90 Å². The second kappa shape index (κ2) is 6.39. The molecule has 0 aliphatic carbocycles. The maximum atomic E-state index is 12.7. The molecule has 0 radical (unpaired) electrons. The van der Waals surface area contributed by atoms with Crippen molar-refractivity contribution < 1.29 is 4.79 Å². The molecule has 5 heteroatoms. The van der Waals surface area contributed by atoms with Crippen molar-refractivity contribution in [3.8, 4) is 0 Å². The number of aromatic amines is 1. The molecular formula is C17H18N4O. The van der Waals surface area contributed by atoms with Crippen molar-refractivity contribution in [2.45, 2.75) is 26.2 Å². The molecule has 22 heavy (non-hydrogen) atoms. The van der Waals surface area contributed by atoms with E-state index in [4.69, 9.17) is 0 Å². The Morgan fingerprint density at radius 1 is 1.23 bits per heavy atom. The second-order valence-corrected chi connectivity index (χ2v) is 5.19. The third-order valence-electron chi connectivity index (χ3n) is 3.58. The number of hydrogen-bond acceptors (Lipinski definition) is 3. The van der Waals surface area contributed by atoms with Gasteiger partial charge in [0.2, 0.25) is 5.91 Å². The summed E-state index contributed by atoms with van der Waals surface area (Å²) in [6.07, 6.45) is 7.57. The van der Waals surface area contributed by atoms with Crippen LogP contribution in [0.4, 0.5) is 11.4 Å². The van der Waals surface area contributed by atoms with Crippen LogP contribution in [0, 0.1) is 0 Å². The number of nitrogens with one attached hydrogen (secondary N) is 1. The van der Waals surface area contributed by atoms with Crippen LogP contribution in [0.15, 0.2) is 48.9 Å². The lowest BCUT2D eigenvalue weighted by Crippen LogP contribution is -2.25. The Hall–Kier alpha value is -2.69. The first-order chi connectivity index (χ1) is 10.8. The quantitative estimate of drug-likeness (QED) is 0.778. The molecule has 3 rings (SSSR count). The summed E-state index contributed by atoms with van der Waals surface area (Å²) in [4.78, 5) is 18.5. The third kappa shape index (κ3) is 2.83. The molecule has 112 valence electrons. The number of rotatable bonds is 5. The highest BCUT2D eigenvalue weighted by atomic mass is 16.2. The number of hydrogen-bond donors (Lipinski definition) is 1. The minimum absolute atomic E-state index is 0.0812. The van der Waals surface area contributed by atoms with E-state index in [0.717, 1.165) is 35.1 Å². The number of benzene rings is 1. The average molecular weight is 294 g/mol. The van der Waals surface area contributed by atoms with Crippen molar-refractivity contribution in [2.24, 2.45) is 0 Å². The molecular weight excluding hydrogens is 276 g/mol. The van der Waals surface area contributed by atoms with Gasteiger partial charge in [-0.05, 0) is 36.8 Å². The van der Waals surface area contributed by atoms with E-state index < -0.39 is 0 Å². The van der Waals surface area contributed by atoms with Gasteiger partial charge in [0.15, 0.2) is 0 Å². The fraction of sp³-hybridized carbons (Fsp3) is 0.235. The molecule has 0 saturated heterocycles. The molecule has 0 fully saturated rings. The number of carbonyl (C=O) groups excluding carboxylic acids is 1. The van der Waals surface area contributed by atoms with E-state index in [-0.39, 0.29) is 5.91 Å². The van der Waals surface area contributed by atoms with Crippen molar-refractivity contribution in [3.05, 3.63) is 48.9 Å². The third-order valence-corrected chi connectivity index (χ3v) is 3.58. The minimum Gasteiger partial charge on any atom is -0.279 e. The molecule has 0 bridgehead atoms. The van der Waals surface area contributed by atoms with E-state index in [9.17, 15) is 4.79 Å². The van der Waals surface area contributed by atoms with Crippen molar-refractivity contribution in [2.75, 3.05) is 4.90 Å². The highest BCUT2D eigenvalue weighted by molar-refractivity contribution is 6.01. The molecule has 0 spiro atoms. The normalized spacial score (nSPS) is 10.8. The van der Waals surface area contributed by atoms with Crippen LogP contribution in [0.5, 0.6) is 0 Å². The van der Waals surface area contributed by atoms with E-state index >= 15 is 0 Å². The molecule has 0 saturated carbocycles. The smallest absolute Gasteiger partial charge is 0.231 e. The van der Waals surface area contributed by atoms with Crippen molar-refractivity contribution in [1.29, 1.82) is 0 Å². The highest BCUT2D eigenvalue weighted by Gasteiger charge is 2.18. The van der Waals surface area contributed by atoms with Crippen LogP contribution in [0.1, 0.15) is 26.2 Å². The zero-order valence-corrected chi connectivity index (χ0v) is 12.5. The fourth-order valence-electron chi connectivity index (χ4n) is 2.43. The predicted molar refractivity (Wildman–Crippen MR) is 87.0 cm³/mol. The lowest BCUT2D eigenvalue weighted by molar-refractivity contribution is -0.118. The van der Waals surface area contributed by atoms with Crippen LogP contribution in [-0.2, 0) is 4.79 Å². The molecule has 5 nitrogen and oxygen atoms in total. The number of anilines is 2. The van der Waals surface area contributed by atoms with Gasteiger partial charge in [-0.1, -0.05) is 13.3 Å². The molecule has 0 aliphatic rings. The summed E-state index contributed by atoms with van der Waals surface area (Å²) in [6.45, 7) is 2.08. The molecule has 0 atom stereocenters. The summed E-state index contributed by atoms with van der Waals surface area (Å²) in [5, 5.41) is 7.93. The van der Waals surface area contributed by atoms with Crippen LogP contribution >= 0.6 is 0 Å². The van der Waals surface area contributed by atoms with E-state index in [2.05, 4.69) is 22.1 Å². The Kier molecular flexibility index (Phi) is 4.14. The van der Waals surface area contributed by atoms with E-state index in [0.29, 0.717) is 6.42 Å². The Balaban J connectivity index is 2.01. The lowest BCUT2D eigenvalue weighted by Gasteiger charge is -2.22. The second-order valence-electron chi connectivity index (χ2n) is 5.19. The predicted octanol–water partition coefficient (Wildman–Crippen LogP) is 3.81. The minimum atomic E-state index is 0.0812. The van der Waals surface area contributed by atoms with Crippen molar-refractivity contribution >= 4 is 28.2 Å². The number of unbranched alkanes of at least 4 members (excludes halogenated alkanes) is 1. The van der Waals surface area contributed by atoms with Gasteiger partial charge in [-0.2, -0.15) is 5.10 Å². The van der Waals surface area contributed by atoms with Gasteiger partial charge in [-0.15, -0.1) is 0 Å². The SMILES string of the molecule is CCCCC(=O)N(c1cccnc1)c1ccc2[nH]ncc2c1. The van der Waals surface area contributed by atoms with Gasteiger partial charge in [-0.3, -0.25) is 19.8 Å². The topological polar surface area (TPSA) is 61.9 Å². The van der Waals surface area contributed by atoms with Gasteiger partial charge in [0.25, 0.3) is 0 Å². The Morgan fingerprint density at radius 3 is 2.91 bits per heavy atom. The van der Waals surface area contributed by atoms with E-state index in [1.165, 1.54) is 0 Å². The summed E-state index contributed by atoms with van der Waals surface area (Å²) in [5.74, 6) is 0.0812. The van der Waals surface area contributed by atoms with Crippen molar-refractivity contribution in [1.82, 2.24) is 15.2 Å².